The van der Waals surface area contributed by atoms with Crippen molar-refractivity contribution in [3.05, 3.63) is 75.0 Å². The monoisotopic (exact) mass is 540 g/mol. The second kappa shape index (κ2) is 12.6. The zero-order valence-corrected chi connectivity index (χ0v) is 22.1. The maximum atomic E-state index is 12.7. The van der Waals surface area contributed by atoms with Gasteiger partial charge in [0.15, 0.2) is 11.7 Å². The minimum atomic E-state index is -0.654. The number of hydrogen-bond donors (Lipinski definition) is 3. The summed E-state index contributed by atoms with van der Waals surface area (Å²) in [6, 6.07) is 10.6. The Morgan fingerprint density at radius 1 is 1.26 bits per heavy atom. The Balaban J connectivity index is 1.74. The molecular weight excluding hydrogens is 512 g/mol. The number of thiocarbonyl (C=S) groups is 1. The number of esters is 1. The smallest absolute Gasteiger partial charge is 0.338 e. The first-order valence-corrected chi connectivity index (χ1v) is 12.0. The Hall–Kier alpha value is -4.52. The SMILES string of the molecule is CCOC(=O)C1=C(C)NC(=S)N[C@H]1c1ccccc1OCC(=O)NN=Cc1cc([N+](=O)[O-])ccc1N(C)C. The topological polar surface area (TPSA) is 147 Å². The van der Waals surface area contributed by atoms with E-state index in [1.165, 1.54) is 18.3 Å². The zero-order valence-electron chi connectivity index (χ0n) is 21.3. The van der Waals surface area contributed by atoms with Crippen LogP contribution in [0.1, 0.15) is 31.0 Å². The van der Waals surface area contributed by atoms with Gasteiger partial charge in [0.05, 0.1) is 29.4 Å². The molecule has 200 valence electrons. The van der Waals surface area contributed by atoms with Crippen LogP contribution in [0.15, 0.2) is 58.8 Å². The number of nitrogens with zero attached hydrogens (tertiary/aromatic N) is 3. The number of benzene rings is 2. The third kappa shape index (κ3) is 6.82. The summed E-state index contributed by atoms with van der Waals surface area (Å²) in [6.45, 7) is 3.27. The highest BCUT2D eigenvalue weighted by atomic mass is 32.1. The number of nitro groups is 1. The van der Waals surface area contributed by atoms with E-state index in [1.54, 1.807) is 63.2 Å². The predicted octanol–water partition coefficient (Wildman–Crippen LogP) is 2.55. The largest absolute Gasteiger partial charge is 0.483 e. The number of amides is 1. The highest BCUT2D eigenvalue weighted by Crippen LogP contribution is 2.33. The van der Waals surface area contributed by atoms with Gasteiger partial charge in [-0.2, -0.15) is 5.10 Å². The van der Waals surface area contributed by atoms with Crippen molar-refractivity contribution in [2.75, 3.05) is 32.2 Å². The van der Waals surface area contributed by atoms with Gasteiger partial charge in [0.2, 0.25) is 0 Å². The molecule has 2 aromatic carbocycles. The first-order chi connectivity index (χ1) is 18.1. The molecule has 0 bridgehead atoms. The van der Waals surface area contributed by atoms with E-state index in [1.807, 2.05) is 0 Å². The molecule has 1 aliphatic heterocycles. The van der Waals surface area contributed by atoms with Gasteiger partial charge in [0.1, 0.15) is 5.75 Å². The van der Waals surface area contributed by atoms with Gasteiger partial charge in [0.25, 0.3) is 11.6 Å². The lowest BCUT2D eigenvalue weighted by atomic mass is 9.95. The van der Waals surface area contributed by atoms with Gasteiger partial charge in [-0.25, -0.2) is 10.2 Å². The Kier molecular flexibility index (Phi) is 9.33. The molecule has 1 amide bonds. The van der Waals surface area contributed by atoms with E-state index in [0.29, 0.717) is 38.9 Å². The minimum Gasteiger partial charge on any atom is -0.483 e. The third-order valence-corrected chi connectivity index (χ3v) is 5.67. The Morgan fingerprint density at radius 2 is 2.00 bits per heavy atom. The summed E-state index contributed by atoms with van der Waals surface area (Å²) in [5.74, 6) is -0.700. The van der Waals surface area contributed by atoms with E-state index in [4.69, 9.17) is 21.7 Å². The fraction of sp³-hybridized carbons (Fsp3) is 0.280. The molecule has 0 saturated carbocycles. The van der Waals surface area contributed by atoms with Crippen LogP contribution < -0.4 is 25.7 Å². The molecule has 0 radical (unpaired) electrons. The van der Waals surface area contributed by atoms with E-state index in [-0.39, 0.29) is 18.9 Å². The molecule has 1 heterocycles. The van der Waals surface area contributed by atoms with Gasteiger partial charge < -0.3 is 25.0 Å². The lowest BCUT2D eigenvalue weighted by Gasteiger charge is -2.30. The van der Waals surface area contributed by atoms with E-state index < -0.39 is 22.8 Å². The van der Waals surface area contributed by atoms with Gasteiger partial charge in [0, 0.05) is 48.7 Å². The molecule has 2 aromatic rings. The molecular formula is C25H28N6O6S. The number of hydrogen-bond acceptors (Lipinski definition) is 9. The second-order valence-corrected chi connectivity index (χ2v) is 8.71. The van der Waals surface area contributed by atoms with Crippen LogP contribution in [0.2, 0.25) is 0 Å². The van der Waals surface area contributed by atoms with Crippen molar-refractivity contribution >= 4 is 46.8 Å². The Labute approximate surface area is 224 Å². The van der Waals surface area contributed by atoms with Crippen LogP contribution in [-0.4, -0.2) is 55.4 Å². The molecule has 0 aromatic heterocycles. The van der Waals surface area contributed by atoms with Crippen LogP contribution >= 0.6 is 12.2 Å². The van der Waals surface area contributed by atoms with Crippen LogP contribution in [0.5, 0.6) is 5.75 Å². The summed E-state index contributed by atoms with van der Waals surface area (Å²) < 4.78 is 11.0. The molecule has 0 spiro atoms. The van der Waals surface area contributed by atoms with Crippen molar-refractivity contribution in [1.82, 2.24) is 16.1 Å². The fourth-order valence-electron chi connectivity index (χ4n) is 3.77. The van der Waals surface area contributed by atoms with Crippen molar-refractivity contribution in [3.8, 4) is 5.75 Å². The molecule has 12 nitrogen and oxygen atoms in total. The molecule has 0 aliphatic carbocycles. The quantitative estimate of drug-likeness (QED) is 0.135. The van der Waals surface area contributed by atoms with Gasteiger partial charge in [-0.3, -0.25) is 14.9 Å². The van der Waals surface area contributed by atoms with Crippen LogP contribution in [0.3, 0.4) is 0 Å². The molecule has 13 heteroatoms. The van der Waals surface area contributed by atoms with Crippen molar-refractivity contribution in [1.29, 1.82) is 0 Å². The first-order valence-electron chi connectivity index (χ1n) is 11.6. The molecule has 1 aliphatic rings. The minimum absolute atomic E-state index is 0.0965. The fourth-order valence-corrected chi connectivity index (χ4v) is 4.04. The lowest BCUT2D eigenvalue weighted by Crippen LogP contribution is -2.45. The average Bonchev–Trinajstić information content (AvgIpc) is 2.87. The standard InChI is InChI=1S/C25H28N6O6S/c1-5-36-24(33)22-15(2)27-25(38)28-23(22)18-8-6-7-9-20(18)37-14-21(32)29-26-13-16-12-17(31(34)35)10-11-19(16)30(3)4/h6-13,23H,5,14H2,1-4H3,(H,29,32)(H2,27,28,38)/t23-/m0/s1. The van der Waals surface area contributed by atoms with Crippen LogP contribution in [0.25, 0.3) is 0 Å². The van der Waals surface area contributed by atoms with Gasteiger partial charge >= 0.3 is 5.97 Å². The number of hydrazone groups is 1. The summed E-state index contributed by atoms with van der Waals surface area (Å²) in [7, 11) is 3.58. The molecule has 3 N–H and O–H groups in total. The van der Waals surface area contributed by atoms with Crippen LogP contribution in [-0.2, 0) is 14.3 Å². The Bertz CT molecular complexity index is 1310. The molecule has 38 heavy (non-hydrogen) atoms. The van der Waals surface area contributed by atoms with Crippen LogP contribution in [0, 0.1) is 10.1 Å². The van der Waals surface area contributed by atoms with Crippen molar-refractivity contribution in [2.24, 2.45) is 5.10 Å². The summed E-state index contributed by atoms with van der Waals surface area (Å²) >= 11 is 5.28. The van der Waals surface area contributed by atoms with Crippen molar-refractivity contribution in [3.63, 3.8) is 0 Å². The van der Waals surface area contributed by atoms with Gasteiger partial charge in [-0.1, -0.05) is 18.2 Å². The molecule has 3 rings (SSSR count). The predicted molar refractivity (Wildman–Crippen MR) is 146 cm³/mol. The molecule has 1 atom stereocenters. The van der Waals surface area contributed by atoms with Crippen molar-refractivity contribution < 1.29 is 24.0 Å². The number of carbonyl (C=O) groups excluding carboxylic acids is 2. The molecule has 0 saturated heterocycles. The number of ether oxygens (including phenoxy) is 2. The number of non-ortho nitro benzene ring substituents is 1. The highest BCUT2D eigenvalue weighted by Gasteiger charge is 2.32. The summed E-state index contributed by atoms with van der Waals surface area (Å²) in [6.07, 6.45) is 1.33. The van der Waals surface area contributed by atoms with Crippen LogP contribution in [0.4, 0.5) is 11.4 Å². The van der Waals surface area contributed by atoms with E-state index in [0.717, 1.165) is 0 Å². The number of nitrogens with one attached hydrogen (secondary N) is 3. The highest BCUT2D eigenvalue weighted by molar-refractivity contribution is 7.80. The number of para-hydroxylation sites is 1. The van der Waals surface area contributed by atoms with E-state index in [2.05, 4.69) is 21.2 Å². The summed E-state index contributed by atoms with van der Waals surface area (Å²) in [5, 5.41) is 21.4. The third-order valence-electron chi connectivity index (χ3n) is 5.45. The van der Waals surface area contributed by atoms with Crippen molar-refractivity contribution in [2.45, 2.75) is 19.9 Å². The number of allylic oxidation sites excluding steroid dienone is 1. The first kappa shape index (κ1) is 28.1. The molecule has 0 unspecified atom stereocenters. The maximum absolute atomic E-state index is 12.7. The second-order valence-electron chi connectivity index (χ2n) is 8.30. The van der Waals surface area contributed by atoms with Gasteiger partial charge in [-0.15, -0.1) is 0 Å². The normalized spacial score (nSPS) is 14.9. The van der Waals surface area contributed by atoms with E-state index in [9.17, 15) is 19.7 Å². The number of rotatable bonds is 10. The van der Waals surface area contributed by atoms with E-state index >= 15 is 0 Å². The number of anilines is 1. The summed E-state index contributed by atoms with van der Waals surface area (Å²) in [5.41, 5.74) is 4.89. The average molecular weight is 541 g/mol. The van der Waals surface area contributed by atoms with Gasteiger partial charge in [-0.05, 0) is 38.2 Å². The zero-order chi connectivity index (χ0) is 27.8. The summed E-state index contributed by atoms with van der Waals surface area (Å²) in [4.78, 5) is 37.5. The maximum Gasteiger partial charge on any atom is 0.338 e. The lowest BCUT2D eigenvalue weighted by molar-refractivity contribution is -0.384. The Morgan fingerprint density at radius 3 is 2.68 bits per heavy atom. The molecule has 0 fully saturated rings. The number of carbonyl (C=O) groups is 2. The number of nitro benzene ring substituents is 1.